The van der Waals surface area contributed by atoms with Gasteiger partial charge < -0.3 is 16.2 Å². The summed E-state index contributed by atoms with van der Waals surface area (Å²) in [6.45, 7) is 0. The molecule has 0 saturated heterocycles. The van der Waals surface area contributed by atoms with E-state index in [1.165, 1.54) is 0 Å². The minimum absolute atomic E-state index is 0.00831. The van der Waals surface area contributed by atoms with Gasteiger partial charge in [-0.25, -0.2) is 0 Å². The number of hydrogen-bond acceptors (Lipinski definition) is 3. The van der Waals surface area contributed by atoms with Crippen molar-refractivity contribution in [2.24, 2.45) is 17.6 Å². The maximum absolute atomic E-state index is 12.0. The number of carboxylic acid groups (broad SMARTS) is 1. The Morgan fingerprint density at radius 3 is 2.61 bits per heavy atom. The smallest absolute Gasteiger partial charge is 0.310 e. The molecular formula is C13H20N2O3. The Kier molecular flexibility index (Phi) is 4.01. The predicted molar refractivity (Wildman–Crippen MR) is 66.7 cm³/mol. The van der Waals surface area contributed by atoms with Gasteiger partial charge in [-0.3, -0.25) is 9.59 Å². The van der Waals surface area contributed by atoms with Crippen LogP contribution in [0, 0.1) is 11.8 Å². The Hall–Kier alpha value is -1.36. The summed E-state index contributed by atoms with van der Waals surface area (Å²) in [6.07, 6.45) is 7.51. The normalized spacial score (nSPS) is 35.4. The quantitative estimate of drug-likeness (QED) is 0.643. The number of carboxylic acids is 1. The Bertz CT molecular complexity index is 367. The maximum Gasteiger partial charge on any atom is 0.310 e. The molecule has 4 unspecified atom stereocenters. The number of rotatable bonds is 3. The lowest BCUT2D eigenvalue weighted by atomic mass is 9.85. The molecule has 0 aromatic rings. The number of aliphatic carboxylic acids is 1. The van der Waals surface area contributed by atoms with E-state index in [-0.39, 0.29) is 23.9 Å². The molecule has 0 spiro atoms. The van der Waals surface area contributed by atoms with E-state index in [0.29, 0.717) is 6.42 Å². The second-order valence-electron chi connectivity index (χ2n) is 5.30. The molecule has 0 aromatic heterocycles. The van der Waals surface area contributed by atoms with Crippen LogP contribution >= 0.6 is 0 Å². The van der Waals surface area contributed by atoms with Crippen LogP contribution in [0.2, 0.25) is 0 Å². The predicted octanol–water partition coefficient (Wildman–Crippen LogP) is 0.649. The number of amides is 1. The lowest BCUT2D eigenvalue weighted by Crippen LogP contribution is -2.41. The molecule has 2 aliphatic carbocycles. The summed E-state index contributed by atoms with van der Waals surface area (Å²) in [6, 6.07) is -0.0165. The van der Waals surface area contributed by atoms with Gasteiger partial charge in [0.1, 0.15) is 0 Å². The fraction of sp³-hybridized carbons (Fsp3) is 0.692. The van der Waals surface area contributed by atoms with Crippen molar-refractivity contribution in [2.75, 3.05) is 0 Å². The highest BCUT2D eigenvalue weighted by atomic mass is 16.4. The van der Waals surface area contributed by atoms with Crippen LogP contribution in [-0.2, 0) is 9.59 Å². The van der Waals surface area contributed by atoms with Gasteiger partial charge in [-0.05, 0) is 25.7 Å². The Morgan fingerprint density at radius 2 is 2.00 bits per heavy atom. The summed E-state index contributed by atoms with van der Waals surface area (Å²) in [7, 11) is 0. The van der Waals surface area contributed by atoms with Crippen LogP contribution in [0.4, 0.5) is 0 Å². The van der Waals surface area contributed by atoms with Crippen LogP contribution in [0.15, 0.2) is 12.2 Å². The van der Waals surface area contributed by atoms with Crippen molar-refractivity contribution in [3.05, 3.63) is 12.2 Å². The monoisotopic (exact) mass is 252 g/mol. The van der Waals surface area contributed by atoms with E-state index in [4.69, 9.17) is 10.8 Å². The summed E-state index contributed by atoms with van der Waals surface area (Å²) < 4.78 is 0. The van der Waals surface area contributed by atoms with Crippen LogP contribution < -0.4 is 11.1 Å². The molecule has 5 heteroatoms. The summed E-state index contributed by atoms with van der Waals surface area (Å²) in [5.41, 5.74) is 5.86. The molecule has 4 N–H and O–H groups in total. The number of carbonyl (C=O) groups excluding carboxylic acids is 1. The van der Waals surface area contributed by atoms with Gasteiger partial charge in [0, 0.05) is 18.0 Å². The molecule has 0 radical (unpaired) electrons. The third-order valence-corrected chi connectivity index (χ3v) is 3.81. The second kappa shape index (κ2) is 5.52. The minimum atomic E-state index is -0.831. The van der Waals surface area contributed by atoms with Gasteiger partial charge in [-0.15, -0.1) is 0 Å². The molecule has 1 amide bonds. The Labute approximate surface area is 106 Å². The van der Waals surface area contributed by atoms with Crippen molar-refractivity contribution in [3.63, 3.8) is 0 Å². The van der Waals surface area contributed by atoms with Gasteiger partial charge in [-0.1, -0.05) is 18.6 Å². The lowest BCUT2D eigenvalue weighted by molar-refractivity contribution is -0.140. The van der Waals surface area contributed by atoms with E-state index in [1.54, 1.807) is 12.2 Å². The largest absolute Gasteiger partial charge is 0.481 e. The average Bonchev–Trinajstić information content (AvgIpc) is 2.77. The highest BCUT2D eigenvalue weighted by Gasteiger charge is 2.29. The topological polar surface area (TPSA) is 92.4 Å². The Morgan fingerprint density at radius 1 is 1.22 bits per heavy atom. The van der Waals surface area contributed by atoms with Crippen molar-refractivity contribution in [1.82, 2.24) is 5.32 Å². The van der Waals surface area contributed by atoms with Crippen LogP contribution in [0.3, 0.4) is 0 Å². The standard InChI is InChI=1S/C13H20N2O3/c14-10-3-1-2-8(6-10)12(16)15-11-5-4-9(7-11)13(17)18/h4-5,8-11H,1-3,6-7,14H2,(H,15,16)(H,17,18). The van der Waals surface area contributed by atoms with Gasteiger partial charge >= 0.3 is 5.97 Å². The minimum Gasteiger partial charge on any atom is -0.481 e. The third kappa shape index (κ3) is 3.10. The molecule has 0 aliphatic heterocycles. The molecule has 2 aliphatic rings. The highest BCUT2D eigenvalue weighted by Crippen LogP contribution is 2.24. The van der Waals surface area contributed by atoms with Crippen molar-refractivity contribution in [3.8, 4) is 0 Å². The lowest BCUT2D eigenvalue weighted by Gasteiger charge is -2.26. The van der Waals surface area contributed by atoms with Gasteiger partial charge in [0.05, 0.1) is 5.92 Å². The molecule has 0 aromatic carbocycles. The van der Waals surface area contributed by atoms with E-state index in [0.717, 1.165) is 25.7 Å². The fourth-order valence-electron chi connectivity index (χ4n) is 2.76. The first kappa shape index (κ1) is 13.1. The molecular weight excluding hydrogens is 232 g/mol. The van der Waals surface area contributed by atoms with Crippen LogP contribution in [-0.4, -0.2) is 29.1 Å². The molecule has 0 bridgehead atoms. The van der Waals surface area contributed by atoms with E-state index >= 15 is 0 Å². The Balaban J connectivity index is 1.82. The second-order valence-corrected chi connectivity index (χ2v) is 5.30. The van der Waals surface area contributed by atoms with Gasteiger partial charge in [0.25, 0.3) is 0 Å². The molecule has 2 rings (SSSR count). The van der Waals surface area contributed by atoms with Crippen LogP contribution in [0.25, 0.3) is 0 Å². The molecule has 1 fully saturated rings. The number of hydrogen-bond donors (Lipinski definition) is 3. The zero-order valence-electron chi connectivity index (χ0n) is 10.3. The summed E-state index contributed by atoms with van der Waals surface area (Å²) in [4.78, 5) is 22.8. The number of nitrogens with one attached hydrogen (secondary N) is 1. The zero-order chi connectivity index (χ0) is 13.1. The molecule has 100 valence electrons. The highest BCUT2D eigenvalue weighted by molar-refractivity contribution is 5.80. The third-order valence-electron chi connectivity index (χ3n) is 3.81. The van der Waals surface area contributed by atoms with Crippen molar-refractivity contribution < 1.29 is 14.7 Å². The van der Waals surface area contributed by atoms with Crippen molar-refractivity contribution in [2.45, 2.75) is 44.2 Å². The zero-order valence-corrected chi connectivity index (χ0v) is 10.3. The van der Waals surface area contributed by atoms with Crippen LogP contribution in [0.5, 0.6) is 0 Å². The van der Waals surface area contributed by atoms with E-state index < -0.39 is 11.9 Å². The molecule has 5 nitrogen and oxygen atoms in total. The first-order valence-electron chi connectivity index (χ1n) is 6.53. The summed E-state index contributed by atoms with van der Waals surface area (Å²) in [5, 5.41) is 11.8. The first-order valence-corrected chi connectivity index (χ1v) is 6.53. The summed E-state index contributed by atoms with van der Waals surface area (Å²) in [5.74, 6) is -1.29. The number of carbonyl (C=O) groups is 2. The van der Waals surface area contributed by atoms with Crippen molar-refractivity contribution in [1.29, 1.82) is 0 Å². The molecule has 18 heavy (non-hydrogen) atoms. The van der Waals surface area contributed by atoms with E-state index in [1.807, 2.05) is 0 Å². The molecule has 1 saturated carbocycles. The molecule has 4 atom stereocenters. The fourth-order valence-corrected chi connectivity index (χ4v) is 2.76. The molecule has 0 heterocycles. The van der Waals surface area contributed by atoms with Gasteiger partial charge in [-0.2, -0.15) is 0 Å². The summed E-state index contributed by atoms with van der Waals surface area (Å²) >= 11 is 0. The maximum atomic E-state index is 12.0. The average molecular weight is 252 g/mol. The first-order chi connectivity index (χ1) is 8.56. The van der Waals surface area contributed by atoms with E-state index in [2.05, 4.69) is 5.32 Å². The SMILES string of the molecule is NC1CCCC(C(=O)NC2C=CC(C(=O)O)C2)C1. The van der Waals surface area contributed by atoms with Crippen LogP contribution in [0.1, 0.15) is 32.1 Å². The van der Waals surface area contributed by atoms with Gasteiger partial charge in [0.2, 0.25) is 5.91 Å². The van der Waals surface area contributed by atoms with E-state index in [9.17, 15) is 9.59 Å². The van der Waals surface area contributed by atoms with Crippen molar-refractivity contribution >= 4 is 11.9 Å². The number of nitrogens with two attached hydrogens (primary N) is 1. The van der Waals surface area contributed by atoms with Gasteiger partial charge in [0.15, 0.2) is 0 Å².